The Balaban J connectivity index is 2.15. The Bertz CT molecular complexity index is 453. The number of nitrogens with zero attached hydrogens (tertiary/aromatic N) is 1. The molecule has 0 spiro atoms. The lowest BCUT2D eigenvalue weighted by Crippen LogP contribution is -2.29. The van der Waals surface area contributed by atoms with Crippen LogP contribution in [0, 0.1) is 5.92 Å². The van der Waals surface area contributed by atoms with Crippen LogP contribution in [-0.2, 0) is 0 Å². The van der Waals surface area contributed by atoms with Gasteiger partial charge < -0.3 is 9.72 Å². The van der Waals surface area contributed by atoms with Crippen molar-refractivity contribution in [3.63, 3.8) is 0 Å². The van der Waals surface area contributed by atoms with E-state index in [-0.39, 0.29) is 17.6 Å². The third kappa shape index (κ3) is 3.12. The minimum atomic E-state index is -0.132. The summed E-state index contributed by atoms with van der Waals surface area (Å²) in [4.78, 5) is 18.7. The summed E-state index contributed by atoms with van der Waals surface area (Å²) < 4.78 is 5.91. The molecule has 100 valence electrons. The highest BCUT2D eigenvalue weighted by molar-refractivity contribution is 5.11. The van der Waals surface area contributed by atoms with Crippen molar-refractivity contribution in [2.45, 2.75) is 58.5 Å². The highest BCUT2D eigenvalue weighted by Gasteiger charge is 2.23. The average Bonchev–Trinajstić information content (AvgIpc) is 2.31. The summed E-state index contributed by atoms with van der Waals surface area (Å²) in [6, 6.07) is 1.45. The van der Waals surface area contributed by atoms with Gasteiger partial charge in [-0.25, -0.2) is 0 Å². The molecule has 0 amide bonds. The summed E-state index contributed by atoms with van der Waals surface area (Å²) in [5.41, 5.74) is -0.132. The number of aromatic nitrogens is 2. The first kappa shape index (κ1) is 13.1. The van der Waals surface area contributed by atoms with Crippen molar-refractivity contribution >= 4 is 0 Å². The first-order valence-corrected chi connectivity index (χ1v) is 6.84. The predicted molar refractivity (Wildman–Crippen MR) is 71.0 cm³/mol. The zero-order valence-corrected chi connectivity index (χ0v) is 11.4. The standard InChI is InChI=1S/C14H22N2O2/c1-9(2)14-15-12(17)8-13(16-14)18-11-7-5-4-6-10(11)3/h8-11H,4-7H2,1-3H3,(H,15,16,17). The van der Waals surface area contributed by atoms with Crippen LogP contribution in [0.2, 0.25) is 0 Å². The van der Waals surface area contributed by atoms with Crippen molar-refractivity contribution in [1.82, 2.24) is 9.97 Å². The third-order valence-corrected chi connectivity index (χ3v) is 3.59. The number of hydrogen-bond acceptors (Lipinski definition) is 3. The zero-order chi connectivity index (χ0) is 13.1. The Kier molecular flexibility index (Phi) is 4.04. The maximum Gasteiger partial charge on any atom is 0.254 e. The van der Waals surface area contributed by atoms with Crippen LogP contribution in [0.3, 0.4) is 0 Å². The van der Waals surface area contributed by atoms with Gasteiger partial charge in [0.05, 0.1) is 6.07 Å². The van der Waals surface area contributed by atoms with Gasteiger partial charge in [-0.05, 0) is 25.2 Å². The smallest absolute Gasteiger partial charge is 0.254 e. The van der Waals surface area contributed by atoms with Gasteiger partial charge in [-0.2, -0.15) is 4.98 Å². The largest absolute Gasteiger partial charge is 0.474 e. The van der Waals surface area contributed by atoms with E-state index in [1.807, 2.05) is 13.8 Å². The van der Waals surface area contributed by atoms with E-state index in [9.17, 15) is 4.79 Å². The first-order chi connectivity index (χ1) is 8.56. The summed E-state index contributed by atoms with van der Waals surface area (Å²) in [7, 11) is 0. The number of hydrogen-bond donors (Lipinski definition) is 1. The Hall–Kier alpha value is -1.32. The summed E-state index contributed by atoms with van der Waals surface area (Å²) in [6.07, 6.45) is 4.95. The van der Waals surface area contributed by atoms with Gasteiger partial charge in [0.15, 0.2) is 0 Å². The molecule has 1 heterocycles. The molecule has 1 saturated carbocycles. The first-order valence-electron chi connectivity index (χ1n) is 6.84. The van der Waals surface area contributed by atoms with E-state index in [4.69, 9.17) is 4.74 Å². The van der Waals surface area contributed by atoms with E-state index < -0.39 is 0 Å². The molecule has 2 unspecified atom stereocenters. The zero-order valence-electron chi connectivity index (χ0n) is 11.4. The molecule has 2 rings (SSSR count). The summed E-state index contributed by atoms with van der Waals surface area (Å²) >= 11 is 0. The van der Waals surface area contributed by atoms with Crippen LogP contribution >= 0.6 is 0 Å². The molecular weight excluding hydrogens is 228 g/mol. The van der Waals surface area contributed by atoms with E-state index in [2.05, 4.69) is 16.9 Å². The molecular formula is C14H22N2O2. The van der Waals surface area contributed by atoms with Crippen molar-refractivity contribution in [1.29, 1.82) is 0 Å². The van der Waals surface area contributed by atoms with E-state index in [1.165, 1.54) is 25.3 Å². The van der Waals surface area contributed by atoms with Crippen molar-refractivity contribution in [2.24, 2.45) is 5.92 Å². The lowest BCUT2D eigenvalue weighted by atomic mass is 9.88. The molecule has 18 heavy (non-hydrogen) atoms. The van der Waals surface area contributed by atoms with Crippen LogP contribution in [-0.4, -0.2) is 16.1 Å². The molecule has 0 bridgehead atoms. The number of H-pyrrole nitrogens is 1. The Labute approximate surface area is 108 Å². The Morgan fingerprint density at radius 2 is 2.11 bits per heavy atom. The molecule has 0 radical (unpaired) electrons. The number of rotatable bonds is 3. The van der Waals surface area contributed by atoms with Gasteiger partial charge in [0.1, 0.15) is 11.9 Å². The van der Waals surface area contributed by atoms with Gasteiger partial charge in [-0.15, -0.1) is 0 Å². The Morgan fingerprint density at radius 1 is 1.39 bits per heavy atom. The SMILES string of the molecule is CC(C)c1nc(OC2CCCCC2C)cc(=O)[nH]1. The van der Waals surface area contributed by atoms with E-state index in [0.717, 1.165) is 6.42 Å². The second-order valence-corrected chi connectivity index (χ2v) is 5.54. The van der Waals surface area contributed by atoms with E-state index in [0.29, 0.717) is 17.6 Å². The monoisotopic (exact) mass is 250 g/mol. The fourth-order valence-corrected chi connectivity index (χ4v) is 2.40. The number of ether oxygens (including phenoxy) is 1. The number of nitrogens with one attached hydrogen (secondary N) is 1. The second-order valence-electron chi connectivity index (χ2n) is 5.54. The van der Waals surface area contributed by atoms with Gasteiger partial charge in [-0.3, -0.25) is 4.79 Å². The fourth-order valence-electron chi connectivity index (χ4n) is 2.40. The quantitative estimate of drug-likeness (QED) is 0.897. The van der Waals surface area contributed by atoms with Crippen LogP contribution in [0.25, 0.3) is 0 Å². The molecule has 0 saturated heterocycles. The molecule has 0 aromatic carbocycles. The van der Waals surface area contributed by atoms with Gasteiger partial charge in [0, 0.05) is 5.92 Å². The number of aromatic amines is 1. The lowest BCUT2D eigenvalue weighted by molar-refractivity contribution is 0.0969. The molecule has 4 heteroatoms. The maximum atomic E-state index is 11.6. The molecule has 1 fully saturated rings. The van der Waals surface area contributed by atoms with Crippen molar-refractivity contribution in [3.8, 4) is 5.88 Å². The van der Waals surface area contributed by atoms with Gasteiger partial charge >= 0.3 is 0 Å². The van der Waals surface area contributed by atoms with Gasteiger partial charge in [0.2, 0.25) is 5.88 Å². The molecule has 0 aliphatic heterocycles. The molecule has 2 atom stereocenters. The lowest BCUT2D eigenvalue weighted by Gasteiger charge is -2.28. The summed E-state index contributed by atoms with van der Waals surface area (Å²) in [5.74, 6) is 1.91. The maximum absolute atomic E-state index is 11.6. The topological polar surface area (TPSA) is 55.0 Å². The van der Waals surface area contributed by atoms with Crippen LogP contribution in [0.1, 0.15) is 58.2 Å². The third-order valence-electron chi connectivity index (χ3n) is 3.59. The highest BCUT2D eigenvalue weighted by atomic mass is 16.5. The van der Waals surface area contributed by atoms with Crippen LogP contribution < -0.4 is 10.3 Å². The van der Waals surface area contributed by atoms with Crippen molar-refractivity contribution in [3.05, 3.63) is 22.2 Å². The molecule has 1 N–H and O–H groups in total. The Morgan fingerprint density at radius 3 is 2.78 bits per heavy atom. The fraction of sp³-hybridized carbons (Fsp3) is 0.714. The second kappa shape index (κ2) is 5.55. The van der Waals surface area contributed by atoms with Crippen molar-refractivity contribution in [2.75, 3.05) is 0 Å². The minimum absolute atomic E-state index is 0.132. The highest BCUT2D eigenvalue weighted by Crippen LogP contribution is 2.27. The predicted octanol–water partition coefficient (Wildman–Crippen LogP) is 2.85. The van der Waals surface area contributed by atoms with Crippen LogP contribution in [0.4, 0.5) is 0 Å². The normalized spacial score (nSPS) is 24.2. The minimum Gasteiger partial charge on any atom is -0.474 e. The van der Waals surface area contributed by atoms with Crippen LogP contribution in [0.15, 0.2) is 10.9 Å². The molecule has 4 nitrogen and oxygen atoms in total. The van der Waals surface area contributed by atoms with Gasteiger partial charge in [0.25, 0.3) is 5.56 Å². The van der Waals surface area contributed by atoms with E-state index >= 15 is 0 Å². The molecule has 1 aromatic rings. The van der Waals surface area contributed by atoms with Crippen LogP contribution in [0.5, 0.6) is 5.88 Å². The summed E-state index contributed by atoms with van der Waals surface area (Å²) in [6.45, 7) is 6.22. The van der Waals surface area contributed by atoms with Crippen molar-refractivity contribution < 1.29 is 4.74 Å². The molecule has 1 aromatic heterocycles. The van der Waals surface area contributed by atoms with E-state index in [1.54, 1.807) is 0 Å². The molecule has 1 aliphatic carbocycles. The molecule has 1 aliphatic rings. The summed E-state index contributed by atoms with van der Waals surface area (Å²) in [5, 5.41) is 0. The van der Waals surface area contributed by atoms with Gasteiger partial charge in [-0.1, -0.05) is 27.2 Å². The average molecular weight is 250 g/mol.